The van der Waals surface area contributed by atoms with E-state index in [9.17, 15) is 4.79 Å². The van der Waals surface area contributed by atoms with E-state index >= 15 is 0 Å². The number of hydrogen-bond donors (Lipinski definition) is 0. The maximum Gasteiger partial charge on any atom is 0.237 e. The Morgan fingerprint density at radius 3 is 2.13 bits per heavy atom. The minimum absolute atomic E-state index is 0.215. The zero-order valence-corrected chi connectivity index (χ0v) is 18.9. The van der Waals surface area contributed by atoms with Crippen LogP contribution in [0.5, 0.6) is 11.5 Å². The number of nitrogens with zero attached hydrogens (tertiary/aromatic N) is 3. The van der Waals surface area contributed by atoms with E-state index < -0.39 is 0 Å². The third kappa shape index (κ3) is 5.20. The first-order valence-corrected chi connectivity index (χ1v) is 11.1. The summed E-state index contributed by atoms with van der Waals surface area (Å²) in [7, 11) is 3.30. The number of hydrogen-bond acceptors (Lipinski definition) is 5. The molecule has 2 aliphatic rings. The number of benzene rings is 2. The van der Waals surface area contributed by atoms with E-state index in [1.807, 2.05) is 17.0 Å². The van der Waals surface area contributed by atoms with Gasteiger partial charge in [0, 0.05) is 45.8 Å². The summed E-state index contributed by atoms with van der Waals surface area (Å²) in [6.07, 6.45) is 0.853. The standard InChI is InChI=1S/C25H33N3O3/c1-19-4-6-20(7-5-19)16-26-10-12-27(13-11-26)18-25(29)28-9-8-21-14-23(30-2)24(31-3)15-22(21)17-28/h4-7,14-15H,8-13,16-18H2,1-3H3. The number of carbonyl (C=O) groups is 1. The van der Waals surface area contributed by atoms with E-state index in [-0.39, 0.29) is 5.91 Å². The molecule has 0 unspecified atom stereocenters. The van der Waals surface area contributed by atoms with Gasteiger partial charge in [-0.2, -0.15) is 0 Å². The molecule has 31 heavy (non-hydrogen) atoms. The van der Waals surface area contributed by atoms with Crippen LogP contribution in [-0.2, 0) is 24.3 Å². The molecular formula is C25H33N3O3. The lowest BCUT2D eigenvalue weighted by Crippen LogP contribution is -2.50. The number of rotatable bonds is 6. The maximum atomic E-state index is 13.0. The lowest BCUT2D eigenvalue weighted by molar-refractivity contribution is -0.133. The molecule has 1 amide bonds. The Kier molecular flexibility index (Phi) is 6.78. The summed E-state index contributed by atoms with van der Waals surface area (Å²) < 4.78 is 10.8. The molecule has 0 radical (unpaired) electrons. The van der Waals surface area contributed by atoms with Gasteiger partial charge >= 0.3 is 0 Å². The number of amides is 1. The Morgan fingerprint density at radius 1 is 0.871 bits per heavy atom. The highest BCUT2D eigenvalue weighted by atomic mass is 16.5. The number of piperazine rings is 1. The Morgan fingerprint density at radius 2 is 1.48 bits per heavy atom. The van der Waals surface area contributed by atoms with E-state index in [2.05, 4.69) is 41.0 Å². The van der Waals surface area contributed by atoms with Crippen molar-refractivity contribution in [3.63, 3.8) is 0 Å². The largest absolute Gasteiger partial charge is 0.493 e. The Balaban J connectivity index is 1.28. The molecule has 2 heterocycles. The number of fused-ring (bicyclic) bond motifs is 1. The second-order valence-corrected chi connectivity index (χ2v) is 8.58. The molecule has 0 atom stereocenters. The smallest absolute Gasteiger partial charge is 0.237 e. The Hall–Kier alpha value is -2.57. The third-order valence-electron chi connectivity index (χ3n) is 6.42. The summed E-state index contributed by atoms with van der Waals surface area (Å²) in [5.74, 6) is 1.69. The minimum atomic E-state index is 0.215. The number of ether oxygens (including phenoxy) is 2. The van der Waals surface area contributed by atoms with Crippen LogP contribution in [0, 0.1) is 6.92 Å². The predicted molar refractivity (Wildman–Crippen MR) is 122 cm³/mol. The van der Waals surface area contributed by atoms with Gasteiger partial charge in [0.15, 0.2) is 11.5 Å². The molecule has 2 aromatic carbocycles. The van der Waals surface area contributed by atoms with E-state index in [4.69, 9.17) is 9.47 Å². The van der Waals surface area contributed by atoms with Gasteiger partial charge in [0.05, 0.1) is 20.8 Å². The molecule has 2 aromatic rings. The molecule has 0 saturated carbocycles. The summed E-state index contributed by atoms with van der Waals surface area (Å²) in [5, 5.41) is 0. The monoisotopic (exact) mass is 423 g/mol. The third-order valence-corrected chi connectivity index (χ3v) is 6.42. The Labute approximate surface area is 185 Å². The Bertz CT molecular complexity index is 905. The molecule has 6 nitrogen and oxygen atoms in total. The average Bonchev–Trinajstić information content (AvgIpc) is 2.80. The van der Waals surface area contributed by atoms with Crippen molar-refractivity contribution in [2.45, 2.75) is 26.4 Å². The van der Waals surface area contributed by atoms with Crippen LogP contribution in [0.3, 0.4) is 0 Å². The minimum Gasteiger partial charge on any atom is -0.493 e. The van der Waals surface area contributed by atoms with E-state index in [1.165, 1.54) is 16.7 Å². The second kappa shape index (κ2) is 9.71. The SMILES string of the molecule is COc1cc2c(cc1OC)CN(C(=O)CN1CCN(Cc3ccc(C)cc3)CC1)CC2. The van der Waals surface area contributed by atoms with Gasteiger partial charge < -0.3 is 14.4 Å². The van der Waals surface area contributed by atoms with E-state index in [0.29, 0.717) is 13.1 Å². The van der Waals surface area contributed by atoms with Crippen molar-refractivity contribution in [2.24, 2.45) is 0 Å². The fraction of sp³-hybridized carbons (Fsp3) is 0.480. The maximum absolute atomic E-state index is 13.0. The highest BCUT2D eigenvalue weighted by molar-refractivity contribution is 5.78. The number of aryl methyl sites for hydroxylation is 1. The zero-order valence-electron chi connectivity index (χ0n) is 18.9. The second-order valence-electron chi connectivity index (χ2n) is 8.58. The molecule has 1 saturated heterocycles. The fourth-order valence-electron chi connectivity index (χ4n) is 4.44. The van der Waals surface area contributed by atoms with Crippen LogP contribution in [0.15, 0.2) is 36.4 Å². The zero-order chi connectivity index (χ0) is 21.8. The van der Waals surface area contributed by atoms with Crippen molar-refractivity contribution in [3.8, 4) is 11.5 Å². The molecular weight excluding hydrogens is 390 g/mol. The van der Waals surface area contributed by atoms with Crippen LogP contribution in [0.2, 0.25) is 0 Å². The molecule has 0 spiro atoms. The molecule has 0 N–H and O–H groups in total. The van der Waals surface area contributed by atoms with Crippen LogP contribution >= 0.6 is 0 Å². The van der Waals surface area contributed by atoms with Crippen molar-refractivity contribution < 1.29 is 14.3 Å². The van der Waals surface area contributed by atoms with Crippen LogP contribution < -0.4 is 9.47 Å². The first-order valence-electron chi connectivity index (χ1n) is 11.1. The highest BCUT2D eigenvalue weighted by Gasteiger charge is 2.25. The van der Waals surface area contributed by atoms with Gasteiger partial charge in [-0.05, 0) is 42.2 Å². The molecule has 0 aromatic heterocycles. The number of carbonyl (C=O) groups excluding carboxylic acids is 1. The predicted octanol–water partition coefficient (Wildman–Crippen LogP) is 2.71. The van der Waals surface area contributed by atoms with Crippen molar-refractivity contribution in [2.75, 3.05) is 53.5 Å². The van der Waals surface area contributed by atoms with Gasteiger partial charge in [-0.1, -0.05) is 29.8 Å². The van der Waals surface area contributed by atoms with Gasteiger partial charge in [0.25, 0.3) is 0 Å². The fourth-order valence-corrected chi connectivity index (χ4v) is 4.44. The van der Waals surface area contributed by atoms with Crippen LogP contribution in [0.4, 0.5) is 0 Å². The van der Waals surface area contributed by atoms with Gasteiger partial charge in [-0.15, -0.1) is 0 Å². The summed E-state index contributed by atoms with van der Waals surface area (Å²) in [4.78, 5) is 19.7. The summed E-state index contributed by atoms with van der Waals surface area (Å²) >= 11 is 0. The summed E-state index contributed by atoms with van der Waals surface area (Å²) in [6.45, 7) is 8.88. The highest BCUT2D eigenvalue weighted by Crippen LogP contribution is 2.33. The van der Waals surface area contributed by atoms with E-state index in [1.54, 1.807) is 14.2 Å². The molecule has 4 rings (SSSR count). The summed E-state index contributed by atoms with van der Waals surface area (Å²) in [6, 6.07) is 12.8. The van der Waals surface area contributed by atoms with Gasteiger partial charge in [0.1, 0.15) is 0 Å². The topological polar surface area (TPSA) is 45.3 Å². The quantitative estimate of drug-likeness (QED) is 0.715. The molecule has 0 aliphatic carbocycles. The van der Waals surface area contributed by atoms with Crippen molar-refractivity contribution in [1.29, 1.82) is 0 Å². The van der Waals surface area contributed by atoms with Crippen molar-refractivity contribution >= 4 is 5.91 Å². The summed E-state index contributed by atoms with van der Waals surface area (Å²) in [5.41, 5.74) is 5.05. The van der Waals surface area contributed by atoms with Crippen molar-refractivity contribution in [1.82, 2.24) is 14.7 Å². The molecule has 166 valence electrons. The van der Waals surface area contributed by atoms with Gasteiger partial charge in [0.2, 0.25) is 5.91 Å². The van der Waals surface area contributed by atoms with Crippen LogP contribution in [-0.4, -0.2) is 74.1 Å². The molecule has 2 aliphatic heterocycles. The van der Waals surface area contributed by atoms with Crippen molar-refractivity contribution in [3.05, 3.63) is 58.7 Å². The average molecular weight is 424 g/mol. The van der Waals surface area contributed by atoms with Gasteiger partial charge in [-0.25, -0.2) is 0 Å². The normalized spacial score (nSPS) is 17.3. The van der Waals surface area contributed by atoms with Crippen LogP contribution in [0.1, 0.15) is 22.3 Å². The van der Waals surface area contributed by atoms with Gasteiger partial charge in [-0.3, -0.25) is 14.6 Å². The van der Waals surface area contributed by atoms with Crippen LogP contribution in [0.25, 0.3) is 0 Å². The lowest BCUT2D eigenvalue weighted by atomic mass is 9.98. The molecule has 6 heteroatoms. The molecule has 0 bridgehead atoms. The first kappa shape index (κ1) is 21.7. The number of methoxy groups -OCH3 is 2. The molecule has 1 fully saturated rings. The van der Waals surface area contributed by atoms with E-state index in [0.717, 1.165) is 62.8 Å². The lowest BCUT2D eigenvalue weighted by Gasteiger charge is -2.36. The first-order chi connectivity index (χ1) is 15.1.